The number of methoxy groups -OCH3 is 1. The molecule has 30 heavy (non-hydrogen) atoms. The quantitative estimate of drug-likeness (QED) is 0.663. The average molecular weight is 401 g/mol. The SMILES string of the molecule is COc1ccc(-c2ccnc(N3N=C(C(N)=O)NC3Cc3ccccc3)c2)c(C)c1. The molecule has 1 aliphatic heterocycles. The number of benzene rings is 2. The molecule has 1 aliphatic rings. The maximum atomic E-state index is 11.7. The Morgan fingerprint density at radius 1 is 1.17 bits per heavy atom. The van der Waals surface area contributed by atoms with Gasteiger partial charge in [0.25, 0.3) is 5.91 Å². The van der Waals surface area contributed by atoms with E-state index in [0.29, 0.717) is 12.2 Å². The Morgan fingerprint density at radius 2 is 1.97 bits per heavy atom. The molecule has 0 bridgehead atoms. The average Bonchev–Trinajstić information content (AvgIpc) is 3.18. The third kappa shape index (κ3) is 3.96. The van der Waals surface area contributed by atoms with Gasteiger partial charge in [-0.2, -0.15) is 0 Å². The van der Waals surface area contributed by atoms with Gasteiger partial charge in [-0.05, 0) is 53.4 Å². The number of ether oxygens (including phenoxy) is 1. The number of hydrogen-bond acceptors (Lipinski definition) is 6. The molecule has 0 fully saturated rings. The van der Waals surface area contributed by atoms with Gasteiger partial charge in [-0.1, -0.05) is 36.4 Å². The second-order valence-corrected chi connectivity index (χ2v) is 7.09. The zero-order valence-corrected chi connectivity index (χ0v) is 16.9. The summed E-state index contributed by atoms with van der Waals surface area (Å²) >= 11 is 0. The maximum absolute atomic E-state index is 11.7. The van der Waals surface area contributed by atoms with E-state index in [4.69, 9.17) is 10.5 Å². The fourth-order valence-electron chi connectivity index (χ4n) is 3.53. The van der Waals surface area contributed by atoms with Crippen molar-refractivity contribution in [2.45, 2.75) is 19.5 Å². The van der Waals surface area contributed by atoms with Crippen molar-refractivity contribution in [3.05, 3.63) is 78.0 Å². The minimum atomic E-state index is -0.599. The number of nitrogens with two attached hydrogens (primary N) is 1. The van der Waals surface area contributed by atoms with Crippen molar-refractivity contribution in [1.29, 1.82) is 0 Å². The Bertz CT molecular complexity index is 1100. The molecule has 0 aliphatic carbocycles. The zero-order valence-electron chi connectivity index (χ0n) is 16.9. The van der Waals surface area contributed by atoms with Crippen LogP contribution in [0.15, 0.2) is 72.0 Å². The fraction of sp³-hybridized carbons (Fsp3) is 0.174. The van der Waals surface area contributed by atoms with Gasteiger partial charge in [0.05, 0.1) is 7.11 Å². The van der Waals surface area contributed by atoms with Gasteiger partial charge < -0.3 is 15.8 Å². The van der Waals surface area contributed by atoms with E-state index >= 15 is 0 Å². The number of carbonyl (C=O) groups excluding carboxylic acids is 1. The van der Waals surface area contributed by atoms with Gasteiger partial charge in [-0.15, -0.1) is 5.10 Å². The van der Waals surface area contributed by atoms with E-state index in [1.165, 1.54) is 0 Å². The van der Waals surface area contributed by atoms with Gasteiger partial charge in [-0.25, -0.2) is 9.99 Å². The number of hydrazone groups is 1. The van der Waals surface area contributed by atoms with Crippen LogP contribution in [-0.4, -0.2) is 30.0 Å². The number of rotatable bonds is 6. The van der Waals surface area contributed by atoms with E-state index in [1.807, 2.05) is 67.6 Å². The smallest absolute Gasteiger partial charge is 0.286 e. The van der Waals surface area contributed by atoms with E-state index < -0.39 is 5.91 Å². The van der Waals surface area contributed by atoms with Gasteiger partial charge in [0.1, 0.15) is 11.9 Å². The number of anilines is 1. The highest BCUT2D eigenvalue weighted by atomic mass is 16.5. The second kappa shape index (κ2) is 8.24. The van der Waals surface area contributed by atoms with Crippen LogP contribution in [0.1, 0.15) is 11.1 Å². The van der Waals surface area contributed by atoms with Crippen LogP contribution in [0.2, 0.25) is 0 Å². The molecule has 1 aromatic heterocycles. The molecule has 2 heterocycles. The van der Waals surface area contributed by atoms with Crippen LogP contribution in [0.25, 0.3) is 11.1 Å². The van der Waals surface area contributed by atoms with Crippen LogP contribution in [0.5, 0.6) is 5.75 Å². The van der Waals surface area contributed by atoms with Crippen molar-refractivity contribution in [2.24, 2.45) is 10.8 Å². The minimum absolute atomic E-state index is 0.128. The normalized spacial score (nSPS) is 15.5. The topological polar surface area (TPSA) is 92.8 Å². The lowest BCUT2D eigenvalue weighted by Crippen LogP contribution is -2.43. The lowest BCUT2D eigenvalue weighted by Gasteiger charge is -2.23. The first-order chi connectivity index (χ1) is 14.5. The Morgan fingerprint density at radius 3 is 2.67 bits per heavy atom. The third-order valence-electron chi connectivity index (χ3n) is 5.04. The molecule has 1 amide bonds. The highest BCUT2D eigenvalue weighted by Crippen LogP contribution is 2.30. The summed E-state index contributed by atoms with van der Waals surface area (Å²) in [7, 11) is 1.65. The summed E-state index contributed by atoms with van der Waals surface area (Å²) in [6.45, 7) is 2.04. The van der Waals surface area contributed by atoms with Crippen molar-refractivity contribution >= 4 is 17.6 Å². The molecule has 0 radical (unpaired) electrons. The van der Waals surface area contributed by atoms with Gasteiger partial charge in [0.2, 0.25) is 5.84 Å². The number of aromatic nitrogens is 1. The Labute approximate surface area is 175 Å². The fourth-order valence-corrected chi connectivity index (χ4v) is 3.53. The number of aryl methyl sites for hydroxylation is 1. The molecule has 3 N–H and O–H groups in total. The van der Waals surface area contributed by atoms with E-state index in [9.17, 15) is 4.79 Å². The van der Waals surface area contributed by atoms with Crippen LogP contribution >= 0.6 is 0 Å². The molecular formula is C23H23N5O2. The molecule has 0 saturated carbocycles. The monoisotopic (exact) mass is 401 g/mol. The molecule has 3 aromatic rings. The maximum Gasteiger partial charge on any atom is 0.286 e. The molecule has 0 spiro atoms. The number of nitrogens with one attached hydrogen (secondary N) is 1. The van der Waals surface area contributed by atoms with Gasteiger partial charge in [0.15, 0.2) is 5.82 Å². The lowest BCUT2D eigenvalue weighted by molar-refractivity contribution is -0.112. The van der Waals surface area contributed by atoms with Crippen molar-refractivity contribution in [3.63, 3.8) is 0 Å². The number of carbonyl (C=O) groups is 1. The Balaban J connectivity index is 1.68. The highest BCUT2D eigenvalue weighted by Gasteiger charge is 2.30. The largest absolute Gasteiger partial charge is 0.497 e. The molecule has 4 rings (SSSR count). The van der Waals surface area contributed by atoms with Crippen LogP contribution in [0.4, 0.5) is 5.82 Å². The molecule has 7 nitrogen and oxygen atoms in total. The van der Waals surface area contributed by atoms with E-state index in [-0.39, 0.29) is 12.0 Å². The van der Waals surface area contributed by atoms with Crippen molar-refractivity contribution in [1.82, 2.24) is 10.3 Å². The summed E-state index contributed by atoms with van der Waals surface area (Å²) in [4.78, 5) is 16.2. The number of hydrogen-bond donors (Lipinski definition) is 2. The number of amides is 1. The number of amidine groups is 1. The van der Waals surface area contributed by atoms with Gasteiger partial charge >= 0.3 is 0 Å². The Hall–Kier alpha value is -3.87. The van der Waals surface area contributed by atoms with E-state index in [1.54, 1.807) is 18.3 Å². The summed E-state index contributed by atoms with van der Waals surface area (Å²) in [5.74, 6) is 0.974. The van der Waals surface area contributed by atoms with E-state index in [0.717, 1.165) is 28.0 Å². The first-order valence-corrected chi connectivity index (χ1v) is 9.64. The van der Waals surface area contributed by atoms with Gasteiger partial charge in [0, 0.05) is 12.6 Å². The number of primary amides is 1. The predicted molar refractivity (Wildman–Crippen MR) is 117 cm³/mol. The Kier molecular flexibility index (Phi) is 5.34. The summed E-state index contributed by atoms with van der Waals surface area (Å²) in [5.41, 5.74) is 9.75. The zero-order chi connectivity index (χ0) is 21.1. The predicted octanol–water partition coefficient (Wildman–Crippen LogP) is 2.84. The molecule has 1 unspecified atom stereocenters. The molecule has 1 atom stereocenters. The molecule has 2 aromatic carbocycles. The van der Waals surface area contributed by atoms with E-state index in [2.05, 4.69) is 15.4 Å². The summed E-state index contributed by atoms with van der Waals surface area (Å²) in [6, 6.07) is 19.9. The first-order valence-electron chi connectivity index (χ1n) is 9.64. The first kappa shape index (κ1) is 19.4. The molecule has 152 valence electrons. The van der Waals surface area contributed by atoms with Crippen LogP contribution in [0, 0.1) is 6.92 Å². The number of pyridine rings is 1. The summed E-state index contributed by atoms with van der Waals surface area (Å²) in [6.07, 6.45) is 2.11. The summed E-state index contributed by atoms with van der Waals surface area (Å²) in [5, 5.41) is 9.24. The van der Waals surface area contributed by atoms with Gasteiger partial charge in [-0.3, -0.25) is 4.79 Å². The second-order valence-electron chi connectivity index (χ2n) is 7.09. The van der Waals surface area contributed by atoms with Crippen molar-refractivity contribution in [2.75, 3.05) is 12.1 Å². The van der Waals surface area contributed by atoms with Crippen LogP contribution in [0.3, 0.4) is 0 Å². The number of nitrogens with zero attached hydrogens (tertiary/aromatic N) is 3. The molecule has 7 heteroatoms. The van der Waals surface area contributed by atoms with Crippen LogP contribution < -0.4 is 20.8 Å². The lowest BCUT2D eigenvalue weighted by atomic mass is 10.0. The van der Waals surface area contributed by atoms with Crippen LogP contribution in [-0.2, 0) is 11.2 Å². The highest BCUT2D eigenvalue weighted by molar-refractivity contribution is 6.38. The standard InChI is InChI=1S/C23H23N5O2/c1-15-12-18(30-2)8-9-19(15)17-10-11-25-20(14-17)28-21(26-23(27-28)22(24)29)13-16-6-4-3-5-7-16/h3-12,14,21H,13H2,1-2H3,(H2,24,29)(H,26,27). The summed E-state index contributed by atoms with van der Waals surface area (Å²) < 4.78 is 5.31. The molecular weight excluding hydrogens is 378 g/mol. The minimum Gasteiger partial charge on any atom is -0.497 e. The third-order valence-corrected chi connectivity index (χ3v) is 5.04. The molecule has 0 saturated heterocycles. The van der Waals surface area contributed by atoms with Crippen molar-refractivity contribution in [3.8, 4) is 16.9 Å². The van der Waals surface area contributed by atoms with Crippen molar-refractivity contribution < 1.29 is 9.53 Å².